The molecule has 43 heavy (non-hydrogen) atoms. The average Bonchev–Trinajstić information content (AvgIpc) is 3.44. The lowest BCUT2D eigenvalue weighted by atomic mass is 9.85. The summed E-state index contributed by atoms with van der Waals surface area (Å²) < 4.78 is 26.4. The van der Waals surface area contributed by atoms with E-state index >= 15 is 4.39 Å². The van der Waals surface area contributed by atoms with Gasteiger partial charge in [-0.1, -0.05) is 58.9 Å². The molecule has 0 atom stereocenters. The van der Waals surface area contributed by atoms with Crippen LogP contribution in [0.5, 0.6) is 0 Å². The smallest absolute Gasteiger partial charge is 0.411 e. The second kappa shape index (κ2) is 15.0. The number of halogens is 1. The fraction of sp³-hybridized carbons (Fsp3) is 0.455. The zero-order valence-electron chi connectivity index (χ0n) is 26.5. The van der Waals surface area contributed by atoms with E-state index < -0.39 is 17.5 Å². The lowest BCUT2D eigenvalue weighted by Gasteiger charge is -2.26. The molecule has 230 valence electrons. The van der Waals surface area contributed by atoms with Crippen LogP contribution in [0.2, 0.25) is 0 Å². The van der Waals surface area contributed by atoms with Crippen molar-refractivity contribution in [2.75, 3.05) is 11.5 Å². The summed E-state index contributed by atoms with van der Waals surface area (Å²) in [5.41, 5.74) is 5.66. The zero-order chi connectivity index (χ0) is 31.9. The molecule has 3 aromatic rings. The number of fused-ring (bicyclic) bond motifs is 4. The monoisotopic (exact) mass is 624 g/mol. The summed E-state index contributed by atoms with van der Waals surface area (Å²) in [6, 6.07) is 5.38. The number of benzene rings is 2. The molecular weight excluding hydrogens is 584 g/mol. The maximum absolute atomic E-state index is 15.1. The molecule has 1 N–H and O–H groups in total. The average molecular weight is 625 g/mol. The van der Waals surface area contributed by atoms with Crippen molar-refractivity contribution in [1.29, 1.82) is 5.26 Å². The molecule has 10 heteroatoms. The molecule has 0 fully saturated rings. The molecule has 5 rings (SSSR count). The molecule has 7 nitrogen and oxygen atoms in total. The highest BCUT2D eigenvalue weighted by Crippen LogP contribution is 2.47. The number of aromatic nitrogens is 2. The van der Waals surface area contributed by atoms with Gasteiger partial charge in [-0.15, -0.1) is 11.8 Å². The zero-order valence-corrected chi connectivity index (χ0v) is 28.2. The van der Waals surface area contributed by atoms with Crippen LogP contribution < -0.4 is 5.32 Å². The molecule has 3 heterocycles. The molecule has 0 aliphatic carbocycles. The number of nitriles is 1. The maximum atomic E-state index is 15.1. The largest absolute Gasteiger partial charge is 0.444 e. The number of alkyl carbamates (subject to hydrolysis) is 1. The van der Waals surface area contributed by atoms with Crippen molar-refractivity contribution in [2.45, 2.75) is 97.6 Å². The van der Waals surface area contributed by atoms with Gasteiger partial charge in [0.15, 0.2) is 5.16 Å². The summed E-state index contributed by atoms with van der Waals surface area (Å²) in [6.45, 7) is 18.4. The third-order valence-corrected chi connectivity index (χ3v) is 8.17. The minimum Gasteiger partial charge on any atom is -0.444 e. The first-order valence-electron chi connectivity index (χ1n) is 14.6. The van der Waals surface area contributed by atoms with E-state index in [-0.39, 0.29) is 11.3 Å². The second-order valence-electron chi connectivity index (χ2n) is 10.7. The Kier molecular flexibility index (Phi) is 12.0. The van der Waals surface area contributed by atoms with Crippen molar-refractivity contribution in [2.24, 2.45) is 0 Å². The van der Waals surface area contributed by atoms with E-state index in [2.05, 4.69) is 30.2 Å². The number of hydrogen-bond acceptors (Lipinski definition) is 8. The van der Waals surface area contributed by atoms with Gasteiger partial charge < -0.3 is 9.47 Å². The summed E-state index contributed by atoms with van der Waals surface area (Å²) in [4.78, 5) is 22.3. The van der Waals surface area contributed by atoms with Crippen LogP contribution >= 0.6 is 23.5 Å². The van der Waals surface area contributed by atoms with Crippen LogP contribution in [0.25, 0.3) is 27.6 Å². The Labute approximate surface area is 263 Å². The molecule has 0 saturated carbocycles. The maximum Gasteiger partial charge on any atom is 0.411 e. The van der Waals surface area contributed by atoms with E-state index in [1.165, 1.54) is 24.2 Å². The van der Waals surface area contributed by atoms with Crippen LogP contribution in [0, 0.1) is 24.1 Å². The second-order valence-corrected chi connectivity index (χ2v) is 12.9. The summed E-state index contributed by atoms with van der Waals surface area (Å²) in [5.74, 6) is 0.670. The topological polar surface area (TPSA) is 97.1 Å². The van der Waals surface area contributed by atoms with Gasteiger partial charge in [-0.2, -0.15) is 5.26 Å². The third-order valence-electron chi connectivity index (χ3n) is 6.31. The highest BCUT2D eigenvalue weighted by Gasteiger charge is 2.31. The molecule has 2 aliphatic heterocycles. The Bertz CT molecular complexity index is 1580. The predicted molar refractivity (Wildman–Crippen MR) is 174 cm³/mol. The predicted octanol–water partition coefficient (Wildman–Crippen LogP) is 9.19. The number of hydrogen-bond donors (Lipinski definition) is 1. The summed E-state index contributed by atoms with van der Waals surface area (Å²) in [7, 11) is 0. The molecule has 2 aromatic carbocycles. The van der Waals surface area contributed by atoms with Crippen molar-refractivity contribution in [3.8, 4) is 17.2 Å². The standard InChI is InChI=1S/C28H27FN4O3S2.C3H8.C2H6/c1-6-37-26-31-10-17-18-11-35-12-19(18)22(14(2)24(17)33-26)15-7-8-20(29)25-23(15)16(9-30)21(13-38-25)32-27(34)36-28(3,4)5;1-3-2;1-2/h7-8,10H,6,11-13H2,1-5H3,(H,32,34);3H2,1-2H3;1-2H3. The van der Waals surface area contributed by atoms with Crippen LogP contribution in [-0.4, -0.2) is 33.2 Å². The quantitative estimate of drug-likeness (QED) is 0.227. The minimum absolute atomic E-state index is 0.219. The number of rotatable bonds is 4. The SMILES string of the molecule is CC.CCC.CCSc1ncc2c3c(c(-c4ccc(F)c5c4C(C#N)=C(NC(=O)OC(C)(C)C)CS5)c(C)c2n1)COC3. The Hall–Kier alpha value is -3.13. The molecule has 0 spiro atoms. The molecule has 1 aromatic heterocycles. The fourth-order valence-electron chi connectivity index (χ4n) is 4.84. The van der Waals surface area contributed by atoms with Gasteiger partial charge in [0, 0.05) is 28.6 Å². The number of carbonyl (C=O) groups is 1. The van der Waals surface area contributed by atoms with E-state index in [1.807, 2.05) is 33.9 Å². The van der Waals surface area contributed by atoms with Crippen LogP contribution in [0.4, 0.5) is 9.18 Å². The van der Waals surface area contributed by atoms with Gasteiger partial charge >= 0.3 is 6.09 Å². The van der Waals surface area contributed by atoms with Gasteiger partial charge in [0.25, 0.3) is 0 Å². The van der Waals surface area contributed by atoms with Crippen LogP contribution in [0.3, 0.4) is 0 Å². The molecule has 0 saturated heterocycles. The first kappa shape index (κ1) is 34.4. The van der Waals surface area contributed by atoms with Crippen LogP contribution in [0.1, 0.15) is 84.1 Å². The molecule has 0 radical (unpaired) electrons. The number of carbonyl (C=O) groups excluding carboxylic acids is 1. The number of amides is 1. The summed E-state index contributed by atoms with van der Waals surface area (Å²) >= 11 is 2.81. The van der Waals surface area contributed by atoms with E-state index in [0.29, 0.717) is 40.1 Å². The normalized spacial score (nSPS) is 13.6. The van der Waals surface area contributed by atoms with Gasteiger partial charge in [-0.05, 0) is 67.3 Å². The number of ether oxygens (including phenoxy) is 2. The van der Waals surface area contributed by atoms with Crippen molar-refractivity contribution >= 4 is 46.1 Å². The number of nitrogens with zero attached hydrogens (tertiary/aromatic N) is 3. The highest BCUT2D eigenvalue weighted by molar-refractivity contribution is 7.99. The van der Waals surface area contributed by atoms with Crippen molar-refractivity contribution in [1.82, 2.24) is 15.3 Å². The third kappa shape index (κ3) is 7.51. The van der Waals surface area contributed by atoms with Crippen molar-refractivity contribution in [3.63, 3.8) is 0 Å². The minimum atomic E-state index is -0.700. The van der Waals surface area contributed by atoms with E-state index in [1.54, 1.807) is 38.6 Å². The van der Waals surface area contributed by atoms with E-state index in [0.717, 1.165) is 38.9 Å². The fourth-order valence-corrected chi connectivity index (χ4v) is 6.45. The highest BCUT2D eigenvalue weighted by atomic mass is 32.2. The lowest BCUT2D eigenvalue weighted by Crippen LogP contribution is -2.33. The number of aryl methyl sites for hydroxylation is 1. The van der Waals surface area contributed by atoms with Gasteiger partial charge in [0.05, 0.1) is 29.2 Å². The van der Waals surface area contributed by atoms with Gasteiger partial charge in [0.1, 0.15) is 17.5 Å². The first-order chi connectivity index (χ1) is 20.5. The van der Waals surface area contributed by atoms with Crippen molar-refractivity contribution < 1.29 is 18.7 Å². The lowest BCUT2D eigenvalue weighted by molar-refractivity contribution is 0.0546. The molecular formula is C33H41FN4O3S2. The van der Waals surface area contributed by atoms with Gasteiger partial charge in [-0.3, -0.25) is 5.32 Å². The van der Waals surface area contributed by atoms with Crippen LogP contribution in [0.15, 0.2) is 34.1 Å². The van der Waals surface area contributed by atoms with Crippen LogP contribution in [-0.2, 0) is 22.7 Å². The molecule has 0 bridgehead atoms. The molecule has 0 unspecified atom stereocenters. The number of allylic oxidation sites excluding steroid dienone is 1. The van der Waals surface area contributed by atoms with Gasteiger partial charge in [-0.25, -0.2) is 19.2 Å². The summed E-state index contributed by atoms with van der Waals surface area (Å²) in [6.07, 6.45) is 2.44. The molecule has 2 aliphatic rings. The Balaban J connectivity index is 0.000000953. The Morgan fingerprint density at radius 3 is 2.49 bits per heavy atom. The molecule has 1 amide bonds. The van der Waals surface area contributed by atoms with Gasteiger partial charge in [0.2, 0.25) is 0 Å². The van der Waals surface area contributed by atoms with Crippen molar-refractivity contribution in [3.05, 3.63) is 52.1 Å². The summed E-state index contributed by atoms with van der Waals surface area (Å²) in [5, 5.41) is 14.6. The number of nitrogens with one attached hydrogen (secondary N) is 1. The Morgan fingerprint density at radius 1 is 1.19 bits per heavy atom. The van der Waals surface area contributed by atoms with E-state index in [9.17, 15) is 10.1 Å². The Morgan fingerprint density at radius 2 is 1.86 bits per heavy atom. The number of thioether (sulfide) groups is 2. The van der Waals surface area contributed by atoms with E-state index in [4.69, 9.17) is 14.5 Å². The first-order valence-corrected chi connectivity index (χ1v) is 16.6.